The number of benzene rings is 1. The van der Waals surface area contributed by atoms with Gasteiger partial charge in [-0.3, -0.25) is 9.59 Å². The van der Waals surface area contributed by atoms with E-state index in [1.165, 1.54) is 12.1 Å². The molecule has 1 heterocycles. The van der Waals surface area contributed by atoms with Crippen LogP contribution < -0.4 is 0 Å². The van der Waals surface area contributed by atoms with Crippen molar-refractivity contribution in [2.45, 2.75) is 39.2 Å². The fourth-order valence-electron chi connectivity index (χ4n) is 4.88. The third kappa shape index (κ3) is 4.83. The molecule has 3 N–H and O–H groups in total. The number of likely N-dealkylation sites (tertiary alicyclic amines) is 1. The predicted octanol–water partition coefficient (Wildman–Crippen LogP) is 3.29. The molecule has 3 rings (SSSR count). The van der Waals surface area contributed by atoms with Crippen LogP contribution in [0.4, 0.5) is 4.79 Å². The van der Waals surface area contributed by atoms with Crippen molar-refractivity contribution in [2.24, 2.45) is 17.8 Å². The molecule has 9 heteroatoms. The van der Waals surface area contributed by atoms with Crippen LogP contribution in [-0.2, 0) is 14.3 Å². The molecule has 1 aliphatic heterocycles. The van der Waals surface area contributed by atoms with E-state index in [0.717, 1.165) is 23.8 Å². The van der Waals surface area contributed by atoms with E-state index in [0.29, 0.717) is 28.3 Å². The second-order valence-electron chi connectivity index (χ2n) is 8.59. The van der Waals surface area contributed by atoms with Gasteiger partial charge in [0.2, 0.25) is 11.8 Å². The van der Waals surface area contributed by atoms with Crippen LogP contribution in [0, 0.1) is 17.8 Å². The maximum absolute atomic E-state index is 12.9. The lowest BCUT2D eigenvalue weighted by Gasteiger charge is -2.35. The number of imide groups is 3. The zero-order valence-corrected chi connectivity index (χ0v) is 19.5. The quantitative estimate of drug-likeness (QED) is 0.424. The van der Waals surface area contributed by atoms with E-state index in [9.17, 15) is 29.7 Å². The number of fused-ring (bicyclic) bond motifs is 1. The average Bonchev–Trinajstić information content (AvgIpc) is 3.02. The van der Waals surface area contributed by atoms with Gasteiger partial charge < -0.3 is 20.1 Å². The Bertz CT molecular complexity index is 1030. The van der Waals surface area contributed by atoms with Crippen molar-refractivity contribution >= 4 is 35.6 Å². The number of allylic oxidation sites excluding steroid dienone is 2. The molecule has 1 aromatic rings. The van der Waals surface area contributed by atoms with Gasteiger partial charge in [0, 0.05) is 5.92 Å². The van der Waals surface area contributed by atoms with E-state index in [-0.39, 0.29) is 12.2 Å². The third-order valence-corrected chi connectivity index (χ3v) is 6.77. The molecule has 0 radical (unpaired) electrons. The van der Waals surface area contributed by atoms with Gasteiger partial charge in [0.1, 0.15) is 5.75 Å². The number of aliphatic hydroxyl groups excluding tert-OH is 2. The lowest BCUT2D eigenvalue weighted by atomic mass is 9.68. The number of methoxy groups -OCH3 is 1. The Morgan fingerprint density at radius 3 is 2.64 bits per heavy atom. The summed E-state index contributed by atoms with van der Waals surface area (Å²) in [4.78, 5) is 38.0. The number of ether oxygens (including phenoxy) is 1. The number of phenolic OH excluding ortho intramolecular Hbond substituents is 1. The van der Waals surface area contributed by atoms with Gasteiger partial charge in [0.05, 0.1) is 36.7 Å². The molecule has 0 aromatic heterocycles. The summed E-state index contributed by atoms with van der Waals surface area (Å²) in [5.74, 6) is -3.70. The Morgan fingerprint density at radius 2 is 2.03 bits per heavy atom. The topological polar surface area (TPSA) is 124 Å². The van der Waals surface area contributed by atoms with Gasteiger partial charge in [-0.05, 0) is 62.4 Å². The molecule has 33 heavy (non-hydrogen) atoms. The van der Waals surface area contributed by atoms with Gasteiger partial charge in [0.15, 0.2) is 0 Å². The minimum Gasteiger partial charge on any atom is -0.508 e. The van der Waals surface area contributed by atoms with Crippen molar-refractivity contribution in [3.63, 3.8) is 0 Å². The highest BCUT2D eigenvalue weighted by molar-refractivity contribution is 6.32. The lowest BCUT2D eigenvalue weighted by Crippen LogP contribution is -2.39. The summed E-state index contributed by atoms with van der Waals surface area (Å²) in [6, 6.07) is 4.68. The van der Waals surface area contributed by atoms with Gasteiger partial charge in [-0.15, -0.1) is 0 Å². The number of carbonyl (C=O) groups excluding carboxylic acids is 3. The first-order valence-corrected chi connectivity index (χ1v) is 11.1. The molecule has 0 unspecified atom stereocenters. The summed E-state index contributed by atoms with van der Waals surface area (Å²) < 4.78 is 4.57. The minimum absolute atomic E-state index is 0.0731. The highest BCUT2D eigenvalue weighted by Crippen LogP contribution is 2.46. The first-order chi connectivity index (χ1) is 15.6. The van der Waals surface area contributed by atoms with E-state index >= 15 is 0 Å². The maximum Gasteiger partial charge on any atom is 0.423 e. The second-order valence-corrected chi connectivity index (χ2v) is 9.00. The molecule has 0 spiro atoms. The largest absolute Gasteiger partial charge is 0.508 e. The molecule has 4 atom stereocenters. The number of phenols is 1. The summed E-state index contributed by atoms with van der Waals surface area (Å²) in [7, 11) is 1.09. The SMILES string of the molecule is COC(=O)N1C(=O)[C@@H]2[C@@H](CC(C)=C([C@H](O)CC/C(C)=C/c3ccc(O)cc3Cl)[C@@H]2CO)C1=O. The number of aromatic hydroxyl groups is 1. The molecular formula is C24H28ClNO7. The van der Waals surface area contributed by atoms with Crippen molar-refractivity contribution in [3.05, 3.63) is 45.5 Å². The van der Waals surface area contributed by atoms with Gasteiger partial charge in [-0.25, -0.2) is 4.79 Å². The summed E-state index contributed by atoms with van der Waals surface area (Å²) in [6.07, 6.45) is 0.971. The first-order valence-electron chi connectivity index (χ1n) is 10.7. The predicted molar refractivity (Wildman–Crippen MR) is 121 cm³/mol. The zero-order valence-electron chi connectivity index (χ0n) is 18.7. The van der Waals surface area contributed by atoms with Gasteiger partial charge in [0.25, 0.3) is 0 Å². The number of amides is 3. The van der Waals surface area contributed by atoms with Crippen molar-refractivity contribution in [2.75, 3.05) is 13.7 Å². The fraction of sp³-hybridized carbons (Fsp3) is 0.458. The van der Waals surface area contributed by atoms with E-state index < -0.39 is 48.4 Å². The molecule has 0 bridgehead atoms. The Morgan fingerprint density at radius 1 is 1.33 bits per heavy atom. The maximum atomic E-state index is 12.9. The number of nitrogens with zero attached hydrogens (tertiary/aromatic N) is 1. The van der Waals surface area contributed by atoms with E-state index in [4.69, 9.17) is 11.6 Å². The Kier molecular flexibility index (Phi) is 7.62. The molecule has 0 saturated carbocycles. The smallest absolute Gasteiger partial charge is 0.423 e. The normalized spacial score (nSPS) is 24.2. The van der Waals surface area contributed by atoms with Gasteiger partial charge in [-0.2, -0.15) is 4.90 Å². The van der Waals surface area contributed by atoms with Crippen LogP contribution in [0.1, 0.15) is 38.7 Å². The standard InChI is InChI=1S/C24H28ClNO7/c1-12(8-14-5-6-15(28)10-18(14)25)4-7-19(29)20-13(2)9-16-21(17(20)11-27)23(31)26(22(16)30)24(32)33-3/h5-6,8,10,16-17,19,21,27-29H,4,7,9,11H2,1-3H3/b12-8+/t16-,17+,19-,21-/m1/s1. The van der Waals surface area contributed by atoms with Crippen LogP contribution >= 0.6 is 11.6 Å². The van der Waals surface area contributed by atoms with Crippen LogP contribution in [-0.4, -0.2) is 57.9 Å². The summed E-state index contributed by atoms with van der Waals surface area (Å²) >= 11 is 6.15. The van der Waals surface area contributed by atoms with Gasteiger partial charge >= 0.3 is 6.09 Å². The molecule has 3 amide bonds. The monoisotopic (exact) mass is 477 g/mol. The Balaban J connectivity index is 1.78. The number of hydrogen-bond donors (Lipinski definition) is 3. The zero-order chi connectivity index (χ0) is 24.4. The summed E-state index contributed by atoms with van der Waals surface area (Å²) in [6.45, 7) is 3.23. The van der Waals surface area contributed by atoms with Crippen LogP contribution in [0.15, 0.2) is 34.9 Å². The number of halogens is 1. The van der Waals surface area contributed by atoms with Crippen LogP contribution in [0.25, 0.3) is 6.08 Å². The number of rotatable bonds is 6. The summed E-state index contributed by atoms with van der Waals surface area (Å²) in [5, 5.41) is 31.0. The molecule has 1 aromatic carbocycles. The Hall–Kier alpha value is -2.68. The van der Waals surface area contributed by atoms with Crippen molar-refractivity contribution in [3.8, 4) is 5.75 Å². The Labute approximate surface area is 197 Å². The van der Waals surface area contributed by atoms with Crippen molar-refractivity contribution < 1.29 is 34.4 Å². The van der Waals surface area contributed by atoms with Gasteiger partial charge in [-0.1, -0.05) is 28.8 Å². The highest BCUT2D eigenvalue weighted by Gasteiger charge is 2.56. The van der Waals surface area contributed by atoms with Crippen molar-refractivity contribution in [1.82, 2.24) is 4.90 Å². The number of carbonyl (C=O) groups is 3. The molecule has 1 aliphatic carbocycles. The molecule has 178 valence electrons. The molecular weight excluding hydrogens is 450 g/mol. The molecule has 1 saturated heterocycles. The number of aliphatic hydroxyl groups is 2. The van der Waals surface area contributed by atoms with E-state index in [1.54, 1.807) is 13.0 Å². The minimum atomic E-state index is -1.04. The van der Waals surface area contributed by atoms with Crippen LogP contribution in [0.5, 0.6) is 5.75 Å². The molecule has 8 nitrogen and oxygen atoms in total. The fourth-order valence-corrected chi connectivity index (χ4v) is 5.11. The van der Waals surface area contributed by atoms with Crippen LogP contribution in [0.3, 0.4) is 0 Å². The van der Waals surface area contributed by atoms with E-state index in [1.807, 2.05) is 13.0 Å². The second kappa shape index (κ2) is 10.1. The highest BCUT2D eigenvalue weighted by atomic mass is 35.5. The molecule has 1 fully saturated rings. The van der Waals surface area contributed by atoms with Crippen molar-refractivity contribution in [1.29, 1.82) is 0 Å². The average molecular weight is 478 g/mol. The van der Waals surface area contributed by atoms with E-state index in [2.05, 4.69) is 4.74 Å². The summed E-state index contributed by atoms with van der Waals surface area (Å²) in [5.41, 5.74) is 2.96. The third-order valence-electron chi connectivity index (χ3n) is 6.44. The molecule has 2 aliphatic rings. The lowest BCUT2D eigenvalue weighted by molar-refractivity contribution is -0.137. The number of hydrogen-bond acceptors (Lipinski definition) is 7. The first kappa shape index (κ1) is 25.0. The van der Waals surface area contributed by atoms with Crippen LogP contribution in [0.2, 0.25) is 5.02 Å².